The molecule has 3 aromatic rings. The first-order valence-corrected chi connectivity index (χ1v) is 8.47. The quantitative estimate of drug-likeness (QED) is 0.638. The van der Waals surface area contributed by atoms with Crippen LogP contribution in [0.25, 0.3) is 11.3 Å². The van der Waals surface area contributed by atoms with Crippen LogP contribution in [-0.4, -0.2) is 11.1 Å². The number of aryl methyl sites for hydroxylation is 1. The average molecular weight is 393 g/mol. The van der Waals surface area contributed by atoms with Crippen molar-refractivity contribution in [1.82, 2.24) is 5.16 Å². The van der Waals surface area contributed by atoms with Crippen LogP contribution in [-0.2, 0) is 19.0 Å². The normalized spacial score (nSPS) is 13.0. The molecule has 138 valence electrons. The van der Waals surface area contributed by atoms with Gasteiger partial charge in [-0.2, -0.15) is 13.2 Å². The largest absolute Gasteiger partial charge is 0.416 e. The first kappa shape index (κ1) is 17.6. The Balaban J connectivity index is 1.66. The van der Waals surface area contributed by atoms with Gasteiger partial charge < -0.3 is 9.84 Å². The first-order chi connectivity index (χ1) is 12.8. The van der Waals surface area contributed by atoms with E-state index >= 15 is 0 Å². The van der Waals surface area contributed by atoms with Crippen LogP contribution in [0.15, 0.2) is 47.0 Å². The SMILES string of the molecule is O=C(Nc1cc(C(F)(F)F)ccc1Cl)c1noc2c1CCc1ccccc1-2. The summed E-state index contributed by atoms with van der Waals surface area (Å²) in [5, 5.41) is 6.25. The number of alkyl halides is 3. The number of fused-ring (bicyclic) bond motifs is 3. The number of benzene rings is 2. The summed E-state index contributed by atoms with van der Waals surface area (Å²) in [6, 6.07) is 10.4. The smallest absolute Gasteiger partial charge is 0.355 e. The lowest BCUT2D eigenvalue weighted by Gasteiger charge is -2.14. The van der Waals surface area contributed by atoms with Crippen molar-refractivity contribution in [2.75, 3.05) is 5.32 Å². The minimum absolute atomic E-state index is 0.000872. The van der Waals surface area contributed by atoms with Crippen molar-refractivity contribution < 1.29 is 22.5 Å². The summed E-state index contributed by atoms with van der Waals surface area (Å²) in [6.45, 7) is 0. The number of carbonyl (C=O) groups excluding carboxylic acids is 1. The van der Waals surface area contributed by atoms with E-state index < -0.39 is 17.6 Å². The highest BCUT2D eigenvalue weighted by Crippen LogP contribution is 2.36. The van der Waals surface area contributed by atoms with Gasteiger partial charge in [0, 0.05) is 11.1 Å². The third-order valence-electron chi connectivity index (χ3n) is 4.45. The Bertz CT molecular complexity index is 1040. The first-order valence-electron chi connectivity index (χ1n) is 8.09. The summed E-state index contributed by atoms with van der Waals surface area (Å²) >= 11 is 5.94. The molecule has 0 spiro atoms. The van der Waals surface area contributed by atoms with E-state index in [1.807, 2.05) is 24.3 Å². The summed E-state index contributed by atoms with van der Waals surface area (Å²) in [4.78, 5) is 12.6. The van der Waals surface area contributed by atoms with Gasteiger partial charge in [0.2, 0.25) is 0 Å². The monoisotopic (exact) mass is 392 g/mol. The van der Waals surface area contributed by atoms with E-state index in [9.17, 15) is 18.0 Å². The average Bonchev–Trinajstić information content (AvgIpc) is 3.07. The van der Waals surface area contributed by atoms with Gasteiger partial charge in [0.1, 0.15) is 0 Å². The van der Waals surface area contributed by atoms with Gasteiger partial charge in [0.15, 0.2) is 11.5 Å². The Kier molecular flexibility index (Phi) is 4.19. The molecular formula is C19H12ClF3N2O2. The molecule has 0 aliphatic heterocycles. The summed E-state index contributed by atoms with van der Waals surface area (Å²) in [5.41, 5.74) is 1.60. The van der Waals surface area contributed by atoms with E-state index in [-0.39, 0.29) is 16.4 Å². The van der Waals surface area contributed by atoms with E-state index in [0.717, 1.165) is 35.7 Å². The Hall–Kier alpha value is -2.80. The van der Waals surface area contributed by atoms with Crippen LogP contribution in [0.4, 0.5) is 18.9 Å². The van der Waals surface area contributed by atoms with Gasteiger partial charge in [-0.1, -0.05) is 41.0 Å². The Morgan fingerprint density at radius 3 is 2.70 bits per heavy atom. The maximum Gasteiger partial charge on any atom is 0.416 e. The van der Waals surface area contributed by atoms with Gasteiger partial charge in [-0.05, 0) is 36.6 Å². The number of rotatable bonds is 2. The maximum absolute atomic E-state index is 12.9. The summed E-state index contributed by atoms with van der Waals surface area (Å²) in [7, 11) is 0. The zero-order valence-corrected chi connectivity index (χ0v) is 14.5. The molecule has 0 radical (unpaired) electrons. The van der Waals surface area contributed by atoms with Crippen molar-refractivity contribution in [2.45, 2.75) is 19.0 Å². The molecule has 1 aromatic heterocycles. The highest BCUT2D eigenvalue weighted by Gasteiger charge is 2.32. The maximum atomic E-state index is 12.9. The molecule has 0 unspecified atom stereocenters. The molecule has 0 bridgehead atoms. The van der Waals surface area contributed by atoms with Crippen molar-refractivity contribution in [3.63, 3.8) is 0 Å². The summed E-state index contributed by atoms with van der Waals surface area (Å²) in [5.74, 6) is -0.155. The predicted octanol–water partition coefficient (Wildman–Crippen LogP) is 5.36. The van der Waals surface area contributed by atoms with Gasteiger partial charge in [0.25, 0.3) is 5.91 Å². The lowest BCUT2D eigenvalue weighted by atomic mass is 9.89. The second-order valence-corrected chi connectivity index (χ2v) is 6.55. The van der Waals surface area contributed by atoms with E-state index in [1.165, 1.54) is 0 Å². The van der Waals surface area contributed by atoms with Crippen LogP contribution in [0.5, 0.6) is 0 Å². The number of aromatic nitrogens is 1. The summed E-state index contributed by atoms with van der Waals surface area (Å²) < 4.78 is 44.0. The molecule has 1 aliphatic carbocycles. The molecule has 0 saturated carbocycles. The van der Waals surface area contributed by atoms with Crippen molar-refractivity contribution in [3.8, 4) is 11.3 Å². The van der Waals surface area contributed by atoms with Crippen LogP contribution in [0, 0.1) is 0 Å². The van der Waals surface area contributed by atoms with Crippen LogP contribution >= 0.6 is 11.6 Å². The van der Waals surface area contributed by atoms with E-state index in [4.69, 9.17) is 16.1 Å². The summed E-state index contributed by atoms with van der Waals surface area (Å²) in [6.07, 6.45) is -3.27. The lowest BCUT2D eigenvalue weighted by molar-refractivity contribution is -0.137. The predicted molar refractivity (Wildman–Crippen MR) is 93.8 cm³/mol. The van der Waals surface area contributed by atoms with Crippen molar-refractivity contribution >= 4 is 23.2 Å². The van der Waals surface area contributed by atoms with Gasteiger partial charge >= 0.3 is 6.18 Å². The number of nitrogens with one attached hydrogen (secondary N) is 1. The Morgan fingerprint density at radius 1 is 1.15 bits per heavy atom. The molecule has 1 amide bonds. The molecule has 1 N–H and O–H groups in total. The zero-order chi connectivity index (χ0) is 19.2. The van der Waals surface area contributed by atoms with Crippen molar-refractivity contribution in [2.24, 2.45) is 0 Å². The van der Waals surface area contributed by atoms with Crippen LogP contribution < -0.4 is 5.32 Å². The number of carbonyl (C=O) groups is 1. The van der Waals surface area contributed by atoms with Gasteiger partial charge in [-0.15, -0.1) is 0 Å². The number of hydrogen-bond donors (Lipinski definition) is 1. The molecule has 2 aromatic carbocycles. The molecule has 0 saturated heterocycles. The molecule has 1 aliphatic rings. The van der Waals surface area contributed by atoms with E-state index in [2.05, 4.69) is 10.5 Å². The number of halogens is 4. The van der Waals surface area contributed by atoms with E-state index in [1.54, 1.807) is 0 Å². The Labute approximate surface area is 156 Å². The number of amides is 1. The topological polar surface area (TPSA) is 55.1 Å². The van der Waals surface area contributed by atoms with Crippen LogP contribution in [0.2, 0.25) is 5.02 Å². The third-order valence-corrected chi connectivity index (χ3v) is 4.78. The Morgan fingerprint density at radius 2 is 1.93 bits per heavy atom. The molecule has 4 nitrogen and oxygen atoms in total. The molecule has 8 heteroatoms. The minimum Gasteiger partial charge on any atom is -0.355 e. The molecule has 27 heavy (non-hydrogen) atoms. The van der Waals surface area contributed by atoms with Gasteiger partial charge in [-0.3, -0.25) is 4.79 Å². The molecule has 1 heterocycles. The standard InChI is InChI=1S/C19H12ClF3N2O2/c20-14-8-6-11(19(21,22)23)9-15(14)24-18(26)16-13-7-5-10-3-1-2-4-12(10)17(13)27-25-16/h1-4,6,8-9H,5,7H2,(H,24,26). The second kappa shape index (κ2) is 6.42. The van der Waals surface area contributed by atoms with Gasteiger partial charge in [0.05, 0.1) is 16.3 Å². The lowest BCUT2D eigenvalue weighted by Crippen LogP contribution is -2.16. The second-order valence-electron chi connectivity index (χ2n) is 6.14. The fourth-order valence-electron chi connectivity index (χ4n) is 3.13. The van der Waals surface area contributed by atoms with Crippen molar-refractivity contribution in [3.05, 3.63) is 69.9 Å². The molecule has 4 rings (SSSR count). The fourth-order valence-corrected chi connectivity index (χ4v) is 3.29. The number of nitrogens with zero attached hydrogens (tertiary/aromatic N) is 1. The van der Waals surface area contributed by atoms with Crippen LogP contribution in [0.3, 0.4) is 0 Å². The highest BCUT2D eigenvalue weighted by molar-refractivity contribution is 6.34. The van der Waals surface area contributed by atoms with Gasteiger partial charge in [-0.25, -0.2) is 0 Å². The molecular weight excluding hydrogens is 381 g/mol. The fraction of sp³-hybridized carbons (Fsp3) is 0.158. The zero-order valence-electron chi connectivity index (χ0n) is 13.7. The highest BCUT2D eigenvalue weighted by atomic mass is 35.5. The minimum atomic E-state index is -4.54. The van der Waals surface area contributed by atoms with Crippen molar-refractivity contribution in [1.29, 1.82) is 0 Å². The molecule has 0 fully saturated rings. The third kappa shape index (κ3) is 3.19. The van der Waals surface area contributed by atoms with Crippen LogP contribution in [0.1, 0.15) is 27.2 Å². The van der Waals surface area contributed by atoms with E-state index in [0.29, 0.717) is 17.7 Å². The molecule has 0 atom stereocenters. The number of hydrogen-bond acceptors (Lipinski definition) is 3. The number of anilines is 1.